The monoisotopic (exact) mass is 704 g/mol. The van der Waals surface area contributed by atoms with Gasteiger partial charge in [0.1, 0.15) is 31.0 Å². The van der Waals surface area contributed by atoms with Gasteiger partial charge in [0.25, 0.3) is 0 Å². The van der Waals surface area contributed by atoms with Crippen molar-refractivity contribution in [3.63, 3.8) is 0 Å². The van der Waals surface area contributed by atoms with Crippen molar-refractivity contribution in [3.8, 4) is 0 Å². The third kappa shape index (κ3) is 5.37. The van der Waals surface area contributed by atoms with Gasteiger partial charge < -0.3 is 35.6 Å². The number of aliphatic hydroxyl groups is 4. The Morgan fingerprint density at radius 3 is 2.20 bits per heavy atom. The second-order valence-electron chi connectivity index (χ2n) is 18.6. The summed E-state index contributed by atoms with van der Waals surface area (Å²) in [5, 5.41) is 55.9. The van der Waals surface area contributed by atoms with E-state index in [-0.39, 0.29) is 52.0 Å². The van der Waals surface area contributed by atoms with Crippen LogP contribution in [0.1, 0.15) is 106 Å². The SMILES string of the molecule is C=C(C)[C@@H]1CC[C@]2(C(=O)O)CC[C@]3(C)[C@H](CCC4[C@@]5(C)CC[C@H](NC(=O)CN(OC)[C@@H]6OC(CO)[C@H](O)[C@H](O)C6O)C(C)(C)C5CC[C@]43C)C12. The van der Waals surface area contributed by atoms with E-state index < -0.39 is 48.6 Å². The van der Waals surface area contributed by atoms with Crippen LogP contribution in [0.3, 0.4) is 0 Å². The van der Waals surface area contributed by atoms with Crippen molar-refractivity contribution in [1.29, 1.82) is 0 Å². The van der Waals surface area contributed by atoms with Crippen LogP contribution in [-0.4, -0.2) is 99.4 Å². The Hall–Kier alpha value is -1.60. The van der Waals surface area contributed by atoms with Gasteiger partial charge in [-0.15, -0.1) is 5.06 Å². The summed E-state index contributed by atoms with van der Waals surface area (Å²) in [7, 11) is 1.35. The van der Waals surface area contributed by atoms with E-state index in [1.165, 1.54) is 7.11 Å². The first-order valence-corrected chi connectivity index (χ1v) is 19.1. The number of nitrogens with zero attached hydrogens (tertiary/aromatic N) is 1. The van der Waals surface area contributed by atoms with Gasteiger partial charge in [-0.05, 0) is 122 Å². The number of rotatable bonds is 8. The Bertz CT molecular complexity index is 1340. The number of carbonyl (C=O) groups excluding carboxylic acids is 1. The zero-order valence-electron chi connectivity index (χ0n) is 31.4. The van der Waals surface area contributed by atoms with E-state index in [4.69, 9.17) is 9.57 Å². The van der Waals surface area contributed by atoms with Crippen molar-refractivity contribution in [2.45, 2.75) is 142 Å². The predicted octanol–water partition coefficient (Wildman–Crippen LogP) is 3.88. The van der Waals surface area contributed by atoms with Crippen LogP contribution in [0, 0.1) is 56.7 Å². The zero-order chi connectivity index (χ0) is 36.8. The molecule has 1 heterocycles. The number of carboxylic acids is 1. The molecule has 1 aliphatic heterocycles. The lowest BCUT2D eigenvalue weighted by Crippen LogP contribution is -2.68. The molecule has 1 saturated heterocycles. The second-order valence-corrected chi connectivity index (χ2v) is 18.6. The summed E-state index contributed by atoms with van der Waals surface area (Å²) in [6.07, 6.45) is 2.56. The molecule has 1 amide bonds. The lowest BCUT2D eigenvalue weighted by molar-refractivity contribution is -0.325. The van der Waals surface area contributed by atoms with Gasteiger partial charge in [-0.2, -0.15) is 0 Å². The van der Waals surface area contributed by atoms with Crippen molar-refractivity contribution in [1.82, 2.24) is 10.4 Å². The molecule has 0 radical (unpaired) electrons. The number of amides is 1. The van der Waals surface area contributed by atoms with Crippen LogP contribution in [0.4, 0.5) is 0 Å². The van der Waals surface area contributed by atoms with Crippen LogP contribution < -0.4 is 5.32 Å². The number of aliphatic carboxylic acids is 1. The number of nitrogens with one attached hydrogen (secondary N) is 1. The summed E-state index contributed by atoms with van der Waals surface area (Å²) in [6.45, 7) is 17.8. The Morgan fingerprint density at radius 1 is 0.880 bits per heavy atom. The molecule has 5 aliphatic carbocycles. The molecule has 0 aromatic carbocycles. The van der Waals surface area contributed by atoms with Crippen LogP contribution >= 0.6 is 0 Å². The van der Waals surface area contributed by atoms with Gasteiger partial charge in [0.15, 0.2) is 6.23 Å². The van der Waals surface area contributed by atoms with Gasteiger partial charge in [-0.1, -0.05) is 46.8 Å². The molecule has 0 aromatic rings. The maximum absolute atomic E-state index is 13.6. The van der Waals surface area contributed by atoms with Gasteiger partial charge >= 0.3 is 5.97 Å². The van der Waals surface area contributed by atoms with Gasteiger partial charge in [0.05, 0.1) is 19.1 Å². The highest BCUT2D eigenvalue weighted by Gasteiger charge is 2.72. The summed E-state index contributed by atoms with van der Waals surface area (Å²) in [6, 6.07) is -0.0847. The van der Waals surface area contributed by atoms with E-state index >= 15 is 0 Å². The maximum Gasteiger partial charge on any atom is 0.309 e. The Balaban J connectivity index is 1.19. The number of hydrogen-bond donors (Lipinski definition) is 6. The molecule has 5 saturated carbocycles. The van der Waals surface area contributed by atoms with Crippen molar-refractivity contribution < 1.29 is 44.7 Å². The second kappa shape index (κ2) is 13.1. The molecule has 15 atom stereocenters. The number of ether oxygens (including phenoxy) is 1. The van der Waals surface area contributed by atoms with Crippen LogP contribution in [0.2, 0.25) is 0 Å². The molecule has 11 nitrogen and oxygen atoms in total. The molecule has 0 aromatic heterocycles. The van der Waals surface area contributed by atoms with Gasteiger partial charge in [-0.3, -0.25) is 14.4 Å². The molecule has 0 spiro atoms. The van der Waals surface area contributed by atoms with Gasteiger partial charge in [-0.25, -0.2) is 0 Å². The number of allylic oxidation sites excluding steroid dienone is 1. The molecule has 5 unspecified atom stereocenters. The molecule has 6 fully saturated rings. The number of carbonyl (C=O) groups is 2. The normalized spacial score (nSPS) is 49.6. The summed E-state index contributed by atoms with van der Waals surface area (Å²) in [5.41, 5.74) is 0.529. The smallest absolute Gasteiger partial charge is 0.309 e. The summed E-state index contributed by atoms with van der Waals surface area (Å²) < 4.78 is 5.64. The quantitative estimate of drug-likeness (QED) is 0.161. The standard InChI is InChI=1S/C39H64N2O9/c1-21(2)22-11-16-39(34(47)48)18-17-37(6)23(29(22)39)9-10-26-36(5)14-13-27(35(3,4)25(36)12-15-38(26,37)7)40-28(43)19-41(49-8)33-32(46)31(45)30(44)24(20-42)50-33/h22-27,29-33,42,44-46H,1,9-20H2,2-8H3,(H,40,43)(H,47,48)/t22-,23+,24?,25?,26?,27-,29?,30-,31-,32?,33+,36-,37+,38+,39-/m0/s1. The van der Waals surface area contributed by atoms with E-state index in [1.54, 1.807) is 0 Å². The number of aliphatic hydroxyl groups excluding tert-OH is 4. The third-order valence-electron chi connectivity index (χ3n) is 16.5. The maximum atomic E-state index is 13.6. The highest BCUT2D eigenvalue weighted by atomic mass is 16.7. The molecular weight excluding hydrogens is 640 g/mol. The van der Waals surface area contributed by atoms with E-state index in [0.29, 0.717) is 17.8 Å². The summed E-state index contributed by atoms with van der Waals surface area (Å²) >= 11 is 0. The van der Waals surface area contributed by atoms with Crippen LogP contribution in [0.5, 0.6) is 0 Å². The zero-order valence-corrected chi connectivity index (χ0v) is 31.4. The number of carboxylic acid groups (broad SMARTS) is 1. The molecule has 50 heavy (non-hydrogen) atoms. The van der Waals surface area contributed by atoms with E-state index in [2.05, 4.69) is 53.4 Å². The van der Waals surface area contributed by atoms with Crippen molar-refractivity contribution in [2.75, 3.05) is 20.3 Å². The average Bonchev–Trinajstić information content (AvgIpc) is 3.46. The molecule has 6 rings (SSSR count). The fourth-order valence-electron chi connectivity index (χ4n) is 13.7. The van der Waals surface area contributed by atoms with Crippen molar-refractivity contribution in [3.05, 3.63) is 12.2 Å². The molecule has 6 N–H and O–H groups in total. The first kappa shape index (κ1) is 38.1. The lowest BCUT2D eigenvalue weighted by atomic mass is 9.32. The highest BCUT2D eigenvalue weighted by molar-refractivity contribution is 5.78. The van der Waals surface area contributed by atoms with E-state index in [0.717, 1.165) is 74.8 Å². The predicted molar refractivity (Wildman–Crippen MR) is 186 cm³/mol. The minimum atomic E-state index is -1.57. The minimum absolute atomic E-state index is 0.0504. The fourth-order valence-corrected chi connectivity index (χ4v) is 13.7. The first-order valence-electron chi connectivity index (χ1n) is 19.1. The van der Waals surface area contributed by atoms with E-state index in [9.17, 15) is 35.1 Å². The number of fused-ring (bicyclic) bond motifs is 7. The summed E-state index contributed by atoms with van der Waals surface area (Å²) in [5.74, 6) is 0.781. The number of hydrogen-bond acceptors (Lipinski definition) is 9. The molecule has 11 heteroatoms. The Labute approximate surface area is 298 Å². The van der Waals surface area contributed by atoms with Crippen LogP contribution in [0.15, 0.2) is 12.2 Å². The van der Waals surface area contributed by atoms with Crippen LogP contribution in [-0.2, 0) is 19.2 Å². The van der Waals surface area contributed by atoms with Crippen molar-refractivity contribution >= 4 is 11.9 Å². The molecule has 0 bridgehead atoms. The molecular formula is C39H64N2O9. The minimum Gasteiger partial charge on any atom is -0.481 e. The fraction of sp³-hybridized carbons (Fsp3) is 0.897. The lowest BCUT2D eigenvalue weighted by Gasteiger charge is -2.73. The van der Waals surface area contributed by atoms with Gasteiger partial charge in [0, 0.05) is 6.04 Å². The van der Waals surface area contributed by atoms with Gasteiger partial charge in [0.2, 0.25) is 5.91 Å². The average molecular weight is 705 g/mol. The van der Waals surface area contributed by atoms with Crippen molar-refractivity contribution in [2.24, 2.45) is 56.7 Å². The van der Waals surface area contributed by atoms with Crippen LogP contribution in [0.25, 0.3) is 0 Å². The molecule has 284 valence electrons. The molecule has 6 aliphatic rings. The Morgan fingerprint density at radius 2 is 1.58 bits per heavy atom. The number of hydroxylamine groups is 2. The Kier molecular flexibility index (Phi) is 9.96. The third-order valence-corrected chi connectivity index (χ3v) is 16.5. The topological polar surface area (TPSA) is 169 Å². The highest BCUT2D eigenvalue weighted by Crippen LogP contribution is 2.77. The van der Waals surface area contributed by atoms with E-state index in [1.807, 2.05) is 0 Å². The largest absolute Gasteiger partial charge is 0.481 e. The summed E-state index contributed by atoms with van der Waals surface area (Å²) in [4.78, 5) is 32.0. The first-order chi connectivity index (χ1) is 23.3.